The normalized spacial score (nSPS) is 13.9. The van der Waals surface area contributed by atoms with E-state index in [1.807, 2.05) is 0 Å². The van der Waals surface area contributed by atoms with Crippen LogP contribution in [-0.4, -0.2) is 8.32 Å². The smallest absolute Gasteiger partial charge is 0.324 e. The molecule has 0 aromatic rings. The molecule has 0 bridgehead atoms. The van der Waals surface area contributed by atoms with Gasteiger partial charge in [0.1, 0.15) is 0 Å². The van der Waals surface area contributed by atoms with Crippen LogP contribution in [0.3, 0.4) is 0 Å². The summed E-state index contributed by atoms with van der Waals surface area (Å²) < 4.78 is 36.9. The first-order valence-corrected chi connectivity index (χ1v) is 7.22. The van der Waals surface area contributed by atoms with E-state index in [2.05, 4.69) is 4.21 Å². The van der Waals surface area contributed by atoms with Gasteiger partial charge in [0.15, 0.2) is 8.32 Å². The van der Waals surface area contributed by atoms with Crippen LogP contribution in [-0.2, 0) is 8.78 Å². The van der Waals surface area contributed by atoms with Crippen LogP contribution in [0.15, 0.2) is 0 Å². The van der Waals surface area contributed by atoms with Gasteiger partial charge in [0, 0.05) is 0 Å². The first-order valence-electron chi connectivity index (χ1n) is 2.41. The summed E-state index contributed by atoms with van der Waals surface area (Å²) in [6.07, 6.45) is 0. The third-order valence-corrected chi connectivity index (χ3v) is 3.42. The summed E-state index contributed by atoms with van der Waals surface area (Å²) in [5, 5.41) is 0. The first kappa shape index (κ1) is 9.27. The van der Waals surface area contributed by atoms with E-state index in [4.69, 9.17) is 0 Å². The second-order valence-electron chi connectivity index (χ2n) is 2.62. The van der Waals surface area contributed by atoms with Crippen LogP contribution in [0.2, 0.25) is 19.6 Å². The largest absolute Gasteiger partial charge is 0.541 e. The summed E-state index contributed by atoms with van der Waals surface area (Å²) >= 11 is 0. The second-order valence-corrected chi connectivity index (χ2v) is 8.40. The van der Waals surface area contributed by atoms with Crippen molar-refractivity contribution in [2.75, 3.05) is 0 Å². The number of halogens is 2. The molecule has 0 atom stereocenters. The summed E-state index contributed by atoms with van der Waals surface area (Å²) in [6, 6.07) is 0. The van der Waals surface area contributed by atoms with E-state index in [-0.39, 0.29) is 0 Å². The molecule has 0 saturated carbocycles. The van der Waals surface area contributed by atoms with Gasteiger partial charge >= 0.3 is 7.99 Å². The molecule has 0 aromatic carbocycles. The summed E-state index contributed by atoms with van der Waals surface area (Å²) in [7, 11) is -7.53. The SMILES string of the molecule is C[Si](C)(C)OP(=O)(F)F. The van der Waals surface area contributed by atoms with Crippen LogP contribution in [0.5, 0.6) is 0 Å². The topological polar surface area (TPSA) is 26.3 Å². The second kappa shape index (κ2) is 2.48. The van der Waals surface area contributed by atoms with Crippen molar-refractivity contribution in [3.63, 3.8) is 0 Å². The standard InChI is InChI=1S/C3H9F2O2PSi/c1-9(2,3)7-8(4,5)6/h1-3H3. The third kappa shape index (κ3) is 8.27. The van der Waals surface area contributed by atoms with E-state index >= 15 is 0 Å². The highest BCUT2D eigenvalue weighted by Crippen LogP contribution is 2.52. The maximum atomic E-state index is 11.6. The molecule has 0 saturated heterocycles. The predicted molar refractivity (Wildman–Crippen MR) is 34.3 cm³/mol. The molecule has 0 rings (SSSR count). The van der Waals surface area contributed by atoms with Crippen LogP contribution in [0, 0.1) is 0 Å². The first-order chi connectivity index (χ1) is 3.71. The minimum Gasteiger partial charge on any atom is -0.324 e. The summed E-state index contributed by atoms with van der Waals surface area (Å²) in [4.78, 5) is 0. The maximum Gasteiger partial charge on any atom is 0.541 e. The van der Waals surface area contributed by atoms with Crippen molar-refractivity contribution in [3.05, 3.63) is 0 Å². The highest BCUT2D eigenvalue weighted by molar-refractivity contribution is 7.49. The zero-order chi connectivity index (χ0) is 7.71. The van der Waals surface area contributed by atoms with Gasteiger partial charge < -0.3 is 4.21 Å². The molecule has 0 radical (unpaired) electrons. The Hall–Kier alpha value is 0.267. The van der Waals surface area contributed by atoms with Crippen LogP contribution >= 0.6 is 7.99 Å². The van der Waals surface area contributed by atoms with Gasteiger partial charge in [-0.3, -0.25) is 0 Å². The quantitative estimate of drug-likeness (QED) is 0.475. The molecule has 0 N–H and O–H groups in total. The zero-order valence-electron chi connectivity index (χ0n) is 5.52. The lowest BCUT2D eigenvalue weighted by molar-refractivity contribution is 0.382. The molecule has 56 valence electrons. The molecule has 0 aromatic heterocycles. The molecule has 0 heterocycles. The third-order valence-electron chi connectivity index (χ3n) is 0.380. The van der Waals surface area contributed by atoms with Gasteiger partial charge in [-0.1, -0.05) is 0 Å². The van der Waals surface area contributed by atoms with E-state index in [1.165, 1.54) is 0 Å². The molecule has 0 spiro atoms. The van der Waals surface area contributed by atoms with Gasteiger partial charge in [0.2, 0.25) is 0 Å². The monoisotopic (exact) mass is 174 g/mol. The average Bonchev–Trinajstić information content (AvgIpc) is 1.14. The van der Waals surface area contributed by atoms with Crippen molar-refractivity contribution in [2.24, 2.45) is 0 Å². The number of hydrogen-bond donors (Lipinski definition) is 0. The van der Waals surface area contributed by atoms with Gasteiger partial charge in [0.25, 0.3) is 0 Å². The van der Waals surface area contributed by atoms with Crippen LogP contribution in [0.4, 0.5) is 8.39 Å². The Kier molecular flexibility index (Phi) is 2.55. The van der Waals surface area contributed by atoms with Gasteiger partial charge in [-0.05, 0) is 19.6 Å². The Morgan fingerprint density at radius 3 is 1.67 bits per heavy atom. The Morgan fingerprint density at radius 1 is 1.33 bits per heavy atom. The van der Waals surface area contributed by atoms with E-state index < -0.39 is 16.3 Å². The maximum absolute atomic E-state index is 11.6. The lowest BCUT2D eigenvalue weighted by atomic mass is 11.8. The Bertz CT molecular complexity index is 137. The lowest BCUT2D eigenvalue weighted by Crippen LogP contribution is -2.21. The van der Waals surface area contributed by atoms with Crippen molar-refractivity contribution < 1.29 is 17.2 Å². The molecule has 0 aliphatic rings. The van der Waals surface area contributed by atoms with Crippen molar-refractivity contribution in [1.82, 2.24) is 0 Å². The lowest BCUT2D eigenvalue weighted by Gasteiger charge is -2.14. The minimum absolute atomic E-state index is 1.55. The highest BCUT2D eigenvalue weighted by atomic mass is 31.2. The predicted octanol–water partition coefficient (Wildman–Crippen LogP) is 2.89. The van der Waals surface area contributed by atoms with E-state index in [0.29, 0.717) is 0 Å². The van der Waals surface area contributed by atoms with Crippen LogP contribution < -0.4 is 0 Å². The molecule has 0 aliphatic heterocycles. The van der Waals surface area contributed by atoms with Gasteiger partial charge in [0.05, 0.1) is 0 Å². The van der Waals surface area contributed by atoms with E-state index in [1.54, 1.807) is 19.6 Å². The minimum atomic E-state index is -5.23. The Morgan fingerprint density at radius 2 is 1.67 bits per heavy atom. The molecule has 0 unspecified atom stereocenters. The van der Waals surface area contributed by atoms with Crippen molar-refractivity contribution in [1.29, 1.82) is 0 Å². The zero-order valence-corrected chi connectivity index (χ0v) is 7.41. The number of hydrogen-bond acceptors (Lipinski definition) is 2. The van der Waals surface area contributed by atoms with E-state index in [0.717, 1.165) is 0 Å². The fourth-order valence-corrected chi connectivity index (χ4v) is 2.87. The molecule has 0 aliphatic carbocycles. The van der Waals surface area contributed by atoms with Gasteiger partial charge in [-0.25, -0.2) is 4.57 Å². The van der Waals surface area contributed by atoms with Crippen molar-refractivity contribution >= 4 is 16.3 Å². The Balaban J connectivity index is 3.90. The molecular weight excluding hydrogens is 165 g/mol. The molecule has 0 amide bonds. The van der Waals surface area contributed by atoms with Crippen molar-refractivity contribution in [2.45, 2.75) is 19.6 Å². The summed E-state index contributed by atoms with van der Waals surface area (Å²) in [6.45, 7) is 4.66. The molecule has 0 fully saturated rings. The van der Waals surface area contributed by atoms with Crippen LogP contribution in [0.25, 0.3) is 0 Å². The van der Waals surface area contributed by atoms with E-state index in [9.17, 15) is 13.0 Å². The summed E-state index contributed by atoms with van der Waals surface area (Å²) in [5.41, 5.74) is 0. The number of rotatable bonds is 2. The molecule has 2 nitrogen and oxygen atoms in total. The average molecular weight is 174 g/mol. The Labute approximate surface area is 54.0 Å². The van der Waals surface area contributed by atoms with Gasteiger partial charge in [-0.15, -0.1) is 8.39 Å². The highest BCUT2D eigenvalue weighted by Gasteiger charge is 2.30. The van der Waals surface area contributed by atoms with Gasteiger partial charge in [-0.2, -0.15) is 0 Å². The molecule has 9 heavy (non-hydrogen) atoms. The molecule has 6 heteroatoms. The fraction of sp³-hybridized carbons (Fsp3) is 1.00. The van der Waals surface area contributed by atoms with Crippen molar-refractivity contribution in [3.8, 4) is 0 Å². The fourth-order valence-electron chi connectivity index (χ4n) is 0.319. The van der Waals surface area contributed by atoms with Crippen LogP contribution in [0.1, 0.15) is 0 Å². The molecular formula is C3H9F2O2PSi. The summed E-state index contributed by atoms with van der Waals surface area (Å²) in [5.74, 6) is 0.